The Bertz CT molecular complexity index is 487. The summed E-state index contributed by atoms with van der Waals surface area (Å²) in [7, 11) is 0. The van der Waals surface area contributed by atoms with Crippen molar-refractivity contribution in [1.82, 2.24) is 5.32 Å². The van der Waals surface area contributed by atoms with Crippen LogP contribution in [0.5, 0.6) is 0 Å². The van der Waals surface area contributed by atoms with Gasteiger partial charge in [-0.15, -0.1) is 0 Å². The minimum Gasteiger partial charge on any atom is -0.481 e. The first-order chi connectivity index (χ1) is 8.90. The summed E-state index contributed by atoms with van der Waals surface area (Å²) in [6.07, 6.45) is -0.307. The molecule has 0 aliphatic rings. The molecule has 1 aromatic carbocycles. The summed E-state index contributed by atoms with van der Waals surface area (Å²) in [4.78, 5) is 33.4. The predicted molar refractivity (Wildman–Crippen MR) is 68.8 cm³/mol. The molecule has 1 aromatic rings. The Balaban J connectivity index is 2.68. The Morgan fingerprint density at radius 1 is 1.26 bits per heavy atom. The average Bonchev–Trinajstić information content (AvgIpc) is 2.34. The maximum Gasteiger partial charge on any atom is 0.303 e. The summed E-state index contributed by atoms with van der Waals surface area (Å²) in [6, 6.07) is 5.04. The molecule has 0 unspecified atom stereocenters. The zero-order valence-corrected chi connectivity index (χ0v) is 10.7. The topological polar surface area (TPSA) is 109 Å². The molecule has 0 saturated heterocycles. The number of carbonyl (C=O) groups is 3. The highest BCUT2D eigenvalue weighted by molar-refractivity contribution is 6.30. The highest BCUT2D eigenvalue weighted by Crippen LogP contribution is 2.10. The second-order valence-electron chi connectivity index (χ2n) is 3.87. The molecule has 0 heterocycles. The zero-order valence-electron chi connectivity index (χ0n) is 9.93. The van der Waals surface area contributed by atoms with Gasteiger partial charge in [0, 0.05) is 17.0 Å². The molecule has 0 saturated carbocycles. The molecule has 1 atom stereocenters. The molecule has 0 aliphatic carbocycles. The van der Waals surface area contributed by atoms with Crippen molar-refractivity contribution in [3.05, 3.63) is 34.9 Å². The first kappa shape index (κ1) is 15.0. The predicted octanol–water partition coefficient (Wildman–Crippen LogP) is 0.788. The first-order valence-corrected chi connectivity index (χ1v) is 5.85. The minimum atomic E-state index is -1.06. The lowest BCUT2D eigenvalue weighted by molar-refractivity contribution is -0.137. The van der Waals surface area contributed by atoms with E-state index in [1.165, 1.54) is 24.3 Å². The second kappa shape index (κ2) is 6.75. The van der Waals surface area contributed by atoms with Crippen LogP contribution in [0.3, 0.4) is 0 Å². The largest absolute Gasteiger partial charge is 0.481 e. The standard InChI is InChI=1S/C12H13ClN2O4/c13-8-3-1-7(2-4-8)12(19)15-9(11(14)18)5-6-10(16)17/h1-4,9H,5-6H2,(H2,14,18)(H,15,19)(H,16,17)/t9-/m1/s1. The molecule has 19 heavy (non-hydrogen) atoms. The summed E-state index contributed by atoms with van der Waals surface area (Å²) < 4.78 is 0. The Hall–Kier alpha value is -2.08. The monoisotopic (exact) mass is 284 g/mol. The number of carboxylic acids is 1. The van der Waals surface area contributed by atoms with E-state index in [9.17, 15) is 14.4 Å². The minimum absolute atomic E-state index is 0.0516. The molecule has 4 N–H and O–H groups in total. The summed E-state index contributed by atoms with van der Waals surface area (Å²) in [5.74, 6) is -2.35. The Kier molecular flexibility index (Phi) is 5.32. The van der Waals surface area contributed by atoms with E-state index in [2.05, 4.69) is 5.32 Å². The maximum atomic E-state index is 11.8. The van der Waals surface area contributed by atoms with E-state index in [1.807, 2.05) is 0 Å². The highest BCUT2D eigenvalue weighted by atomic mass is 35.5. The summed E-state index contributed by atoms with van der Waals surface area (Å²) in [5.41, 5.74) is 5.42. The number of carboxylic acid groups (broad SMARTS) is 1. The Labute approximate surface area is 114 Å². The number of hydrogen-bond acceptors (Lipinski definition) is 3. The van der Waals surface area contributed by atoms with Crippen molar-refractivity contribution in [1.29, 1.82) is 0 Å². The third-order valence-electron chi connectivity index (χ3n) is 2.40. The number of halogens is 1. The van der Waals surface area contributed by atoms with Crippen molar-refractivity contribution >= 4 is 29.4 Å². The third-order valence-corrected chi connectivity index (χ3v) is 2.65. The van der Waals surface area contributed by atoms with E-state index in [0.29, 0.717) is 10.6 Å². The first-order valence-electron chi connectivity index (χ1n) is 5.47. The smallest absolute Gasteiger partial charge is 0.303 e. The number of nitrogens with one attached hydrogen (secondary N) is 1. The van der Waals surface area contributed by atoms with Gasteiger partial charge in [0.2, 0.25) is 5.91 Å². The van der Waals surface area contributed by atoms with Crippen LogP contribution < -0.4 is 11.1 Å². The van der Waals surface area contributed by atoms with Crippen molar-refractivity contribution in [2.75, 3.05) is 0 Å². The van der Waals surface area contributed by atoms with Crippen LogP contribution in [-0.2, 0) is 9.59 Å². The fraction of sp³-hybridized carbons (Fsp3) is 0.250. The fourth-order valence-corrected chi connectivity index (χ4v) is 1.52. The molecule has 0 aliphatic heterocycles. The lowest BCUT2D eigenvalue weighted by Crippen LogP contribution is -2.44. The van der Waals surface area contributed by atoms with Gasteiger partial charge in [0.1, 0.15) is 6.04 Å². The number of benzene rings is 1. The van der Waals surface area contributed by atoms with Crippen LogP contribution in [0.2, 0.25) is 5.02 Å². The van der Waals surface area contributed by atoms with Gasteiger partial charge >= 0.3 is 5.97 Å². The number of carbonyl (C=O) groups excluding carboxylic acids is 2. The van der Waals surface area contributed by atoms with Crippen LogP contribution in [0.25, 0.3) is 0 Å². The SMILES string of the molecule is NC(=O)[C@@H](CCC(=O)O)NC(=O)c1ccc(Cl)cc1. The van der Waals surface area contributed by atoms with Gasteiger partial charge in [0.25, 0.3) is 5.91 Å². The Morgan fingerprint density at radius 2 is 1.84 bits per heavy atom. The molecule has 7 heteroatoms. The van der Waals surface area contributed by atoms with Crippen molar-refractivity contribution in [2.45, 2.75) is 18.9 Å². The quantitative estimate of drug-likeness (QED) is 0.717. The number of primary amides is 1. The molecule has 0 radical (unpaired) electrons. The normalized spacial score (nSPS) is 11.6. The lowest BCUT2D eigenvalue weighted by atomic mass is 10.1. The van der Waals surface area contributed by atoms with Crippen LogP contribution in [0.15, 0.2) is 24.3 Å². The molecule has 2 amide bonds. The van der Waals surface area contributed by atoms with Gasteiger partial charge in [-0.25, -0.2) is 0 Å². The fourth-order valence-electron chi connectivity index (χ4n) is 1.40. The molecule has 0 fully saturated rings. The number of nitrogens with two attached hydrogens (primary N) is 1. The van der Waals surface area contributed by atoms with Gasteiger partial charge < -0.3 is 16.2 Å². The van der Waals surface area contributed by atoms with E-state index in [-0.39, 0.29) is 12.8 Å². The third kappa shape index (κ3) is 4.97. The van der Waals surface area contributed by atoms with E-state index < -0.39 is 23.8 Å². The Morgan fingerprint density at radius 3 is 2.32 bits per heavy atom. The molecule has 102 valence electrons. The zero-order chi connectivity index (χ0) is 14.4. The second-order valence-corrected chi connectivity index (χ2v) is 4.30. The molecule has 0 bridgehead atoms. The molecule has 1 rings (SSSR count). The van der Waals surface area contributed by atoms with Crippen LogP contribution >= 0.6 is 11.6 Å². The van der Waals surface area contributed by atoms with E-state index in [1.54, 1.807) is 0 Å². The van der Waals surface area contributed by atoms with E-state index >= 15 is 0 Å². The van der Waals surface area contributed by atoms with Gasteiger partial charge in [-0.05, 0) is 30.7 Å². The number of amides is 2. The van der Waals surface area contributed by atoms with Crippen LogP contribution in [0.4, 0.5) is 0 Å². The highest BCUT2D eigenvalue weighted by Gasteiger charge is 2.19. The van der Waals surface area contributed by atoms with Gasteiger partial charge in [-0.2, -0.15) is 0 Å². The van der Waals surface area contributed by atoms with E-state index in [0.717, 1.165) is 0 Å². The van der Waals surface area contributed by atoms with Gasteiger partial charge in [0.15, 0.2) is 0 Å². The number of hydrogen-bond donors (Lipinski definition) is 3. The van der Waals surface area contributed by atoms with Crippen molar-refractivity contribution in [2.24, 2.45) is 5.73 Å². The molecular weight excluding hydrogens is 272 g/mol. The van der Waals surface area contributed by atoms with Gasteiger partial charge in [0.05, 0.1) is 0 Å². The van der Waals surface area contributed by atoms with Crippen molar-refractivity contribution < 1.29 is 19.5 Å². The maximum absolute atomic E-state index is 11.8. The summed E-state index contributed by atoms with van der Waals surface area (Å²) in [6.45, 7) is 0. The average molecular weight is 285 g/mol. The van der Waals surface area contributed by atoms with Crippen molar-refractivity contribution in [3.63, 3.8) is 0 Å². The van der Waals surface area contributed by atoms with Crippen LogP contribution in [0.1, 0.15) is 23.2 Å². The molecule has 6 nitrogen and oxygen atoms in total. The number of rotatable bonds is 6. The molecule has 0 aromatic heterocycles. The number of aliphatic carboxylic acids is 1. The van der Waals surface area contributed by atoms with Crippen molar-refractivity contribution in [3.8, 4) is 0 Å². The van der Waals surface area contributed by atoms with E-state index in [4.69, 9.17) is 22.4 Å². The van der Waals surface area contributed by atoms with Crippen LogP contribution in [0, 0.1) is 0 Å². The van der Waals surface area contributed by atoms with Crippen LogP contribution in [-0.4, -0.2) is 28.9 Å². The summed E-state index contributed by atoms with van der Waals surface area (Å²) >= 11 is 5.69. The molecular formula is C12H13ClN2O4. The molecule has 0 spiro atoms. The van der Waals surface area contributed by atoms with Gasteiger partial charge in [-0.3, -0.25) is 14.4 Å². The lowest BCUT2D eigenvalue weighted by Gasteiger charge is -2.14. The van der Waals surface area contributed by atoms with Gasteiger partial charge in [-0.1, -0.05) is 11.6 Å². The summed E-state index contributed by atoms with van der Waals surface area (Å²) in [5, 5.41) is 11.4.